The monoisotopic (exact) mass is 234 g/mol. The Hall–Kier alpha value is -1.37. The number of rotatable bonds is 3. The Kier molecular flexibility index (Phi) is 3.69. The van der Waals surface area contributed by atoms with Gasteiger partial charge in [-0.3, -0.25) is 0 Å². The molecule has 1 unspecified atom stereocenters. The van der Waals surface area contributed by atoms with Gasteiger partial charge in [0.15, 0.2) is 0 Å². The summed E-state index contributed by atoms with van der Waals surface area (Å²) in [5.74, 6) is 0.0205. The molecule has 0 amide bonds. The van der Waals surface area contributed by atoms with Gasteiger partial charge in [0.1, 0.15) is 5.69 Å². The van der Waals surface area contributed by atoms with Crippen molar-refractivity contribution < 1.29 is 13.2 Å². The zero-order chi connectivity index (χ0) is 12.3. The van der Waals surface area contributed by atoms with Crippen LogP contribution < -0.4 is 10.6 Å². The molecule has 4 nitrogen and oxygen atoms in total. The quantitative estimate of drug-likeness (QED) is 0.856. The van der Waals surface area contributed by atoms with Crippen molar-refractivity contribution >= 4 is 5.95 Å². The largest absolute Gasteiger partial charge is 0.433 e. The van der Waals surface area contributed by atoms with E-state index in [4.69, 9.17) is 5.73 Å². The lowest BCUT2D eigenvalue weighted by Crippen LogP contribution is -2.34. The zero-order valence-electron chi connectivity index (χ0n) is 8.99. The van der Waals surface area contributed by atoms with Gasteiger partial charge in [-0.15, -0.1) is 0 Å². The van der Waals surface area contributed by atoms with E-state index in [1.165, 1.54) is 4.90 Å². The van der Waals surface area contributed by atoms with Gasteiger partial charge in [-0.2, -0.15) is 13.2 Å². The summed E-state index contributed by atoms with van der Waals surface area (Å²) in [4.78, 5) is 8.68. The van der Waals surface area contributed by atoms with Gasteiger partial charge < -0.3 is 10.6 Å². The summed E-state index contributed by atoms with van der Waals surface area (Å²) in [5, 5.41) is 0. The van der Waals surface area contributed by atoms with Gasteiger partial charge in [0.05, 0.1) is 0 Å². The van der Waals surface area contributed by atoms with Crippen molar-refractivity contribution in [3.05, 3.63) is 18.0 Å². The summed E-state index contributed by atoms with van der Waals surface area (Å²) in [6.07, 6.45) is -3.37. The minimum Gasteiger partial charge on any atom is -0.342 e. The Labute approximate surface area is 91.3 Å². The highest BCUT2D eigenvalue weighted by Gasteiger charge is 2.33. The van der Waals surface area contributed by atoms with Crippen molar-refractivity contribution in [1.82, 2.24) is 9.97 Å². The fraction of sp³-hybridized carbons (Fsp3) is 0.556. The lowest BCUT2D eigenvalue weighted by Gasteiger charge is -2.19. The third-order valence-electron chi connectivity index (χ3n) is 1.84. The number of hydrogen-bond acceptors (Lipinski definition) is 4. The number of nitrogens with zero attached hydrogens (tertiary/aromatic N) is 3. The summed E-state index contributed by atoms with van der Waals surface area (Å²) in [6.45, 7) is 2.14. The van der Waals surface area contributed by atoms with Crippen LogP contribution in [0, 0.1) is 0 Å². The maximum atomic E-state index is 12.4. The Bertz CT molecular complexity index is 351. The van der Waals surface area contributed by atoms with Gasteiger partial charge in [0.2, 0.25) is 5.95 Å². The van der Waals surface area contributed by atoms with Crippen molar-refractivity contribution in [3.63, 3.8) is 0 Å². The van der Waals surface area contributed by atoms with Gasteiger partial charge in [-0.05, 0) is 13.0 Å². The SMILES string of the molecule is CC(N)CN(C)c1nccc(C(F)(F)F)n1. The molecule has 90 valence electrons. The molecule has 1 atom stereocenters. The molecule has 0 fully saturated rings. The molecule has 2 N–H and O–H groups in total. The van der Waals surface area contributed by atoms with Gasteiger partial charge >= 0.3 is 6.18 Å². The third kappa shape index (κ3) is 3.34. The van der Waals surface area contributed by atoms with E-state index >= 15 is 0 Å². The molecule has 0 aliphatic carbocycles. The normalized spacial score (nSPS) is 13.6. The fourth-order valence-electron chi connectivity index (χ4n) is 1.20. The van der Waals surface area contributed by atoms with Crippen LogP contribution in [0.15, 0.2) is 12.3 Å². The van der Waals surface area contributed by atoms with Gasteiger partial charge in [0, 0.05) is 25.8 Å². The van der Waals surface area contributed by atoms with E-state index in [-0.39, 0.29) is 12.0 Å². The number of anilines is 1. The van der Waals surface area contributed by atoms with Crippen molar-refractivity contribution in [2.45, 2.75) is 19.1 Å². The number of nitrogens with two attached hydrogens (primary N) is 1. The van der Waals surface area contributed by atoms with Gasteiger partial charge in [-0.25, -0.2) is 9.97 Å². The minimum atomic E-state index is -4.45. The van der Waals surface area contributed by atoms with E-state index in [9.17, 15) is 13.2 Å². The molecule has 1 aromatic rings. The molecule has 0 saturated carbocycles. The predicted octanol–water partition coefficient (Wildman–Crippen LogP) is 1.28. The smallest absolute Gasteiger partial charge is 0.342 e. The number of hydrogen-bond donors (Lipinski definition) is 1. The highest BCUT2D eigenvalue weighted by molar-refractivity contribution is 5.29. The first-order valence-electron chi connectivity index (χ1n) is 4.67. The van der Waals surface area contributed by atoms with E-state index in [1.807, 2.05) is 0 Å². The molecule has 0 aliphatic rings. The fourth-order valence-corrected chi connectivity index (χ4v) is 1.20. The molecule has 0 aliphatic heterocycles. The molecule has 0 aromatic carbocycles. The Morgan fingerprint density at radius 2 is 2.12 bits per heavy atom. The van der Waals surface area contributed by atoms with Crippen LogP contribution in [-0.2, 0) is 6.18 Å². The molecule has 1 rings (SSSR count). The predicted molar refractivity (Wildman–Crippen MR) is 54.0 cm³/mol. The standard InChI is InChI=1S/C9H13F3N4/c1-6(13)5-16(2)8-14-4-3-7(15-8)9(10,11)12/h3-4,6H,5,13H2,1-2H3. The second-order valence-corrected chi connectivity index (χ2v) is 3.60. The lowest BCUT2D eigenvalue weighted by atomic mass is 10.3. The average molecular weight is 234 g/mol. The molecule has 1 heterocycles. The molecule has 1 aromatic heterocycles. The molecule has 16 heavy (non-hydrogen) atoms. The third-order valence-corrected chi connectivity index (χ3v) is 1.84. The van der Waals surface area contributed by atoms with Crippen LogP contribution in [0.4, 0.5) is 19.1 Å². The van der Waals surface area contributed by atoms with Gasteiger partial charge in [0.25, 0.3) is 0 Å². The van der Waals surface area contributed by atoms with E-state index in [2.05, 4.69) is 9.97 Å². The number of likely N-dealkylation sites (N-methyl/N-ethyl adjacent to an activating group) is 1. The molecule has 0 spiro atoms. The Balaban J connectivity index is 2.90. The lowest BCUT2D eigenvalue weighted by molar-refractivity contribution is -0.141. The first kappa shape index (κ1) is 12.7. The van der Waals surface area contributed by atoms with Crippen molar-refractivity contribution in [2.24, 2.45) is 5.73 Å². The first-order chi connectivity index (χ1) is 7.30. The summed E-state index contributed by atoms with van der Waals surface area (Å²) in [7, 11) is 1.60. The number of alkyl halides is 3. The molecule has 7 heteroatoms. The van der Waals surface area contributed by atoms with Crippen molar-refractivity contribution in [2.75, 3.05) is 18.5 Å². The highest BCUT2D eigenvalue weighted by atomic mass is 19.4. The van der Waals surface area contributed by atoms with Gasteiger partial charge in [-0.1, -0.05) is 0 Å². The highest BCUT2D eigenvalue weighted by Crippen LogP contribution is 2.27. The van der Waals surface area contributed by atoms with Crippen molar-refractivity contribution in [3.8, 4) is 0 Å². The van der Waals surface area contributed by atoms with Crippen LogP contribution in [0.25, 0.3) is 0 Å². The first-order valence-corrected chi connectivity index (χ1v) is 4.67. The van der Waals surface area contributed by atoms with E-state index in [0.717, 1.165) is 12.3 Å². The number of aromatic nitrogens is 2. The van der Waals surface area contributed by atoms with E-state index < -0.39 is 11.9 Å². The Morgan fingerprint density at radius 1 is 1.50 bits per heavy atom. The summed E-state index contributed by atoms with van der Waals surface area (Å²) < 4.78 is 37.1. The average Bonchev–Trinajstić information content (AvgIpc) is 2.15. The number of halogens is 3. The second kappa shape index (κ2) is 4.65. The van der Waals surface area contributed by atoms with Crippen LogP contribution in [-0.4, -0.2) is 29.6 Å². The summed E-state index contributed by atoms with van der Waals surface area (Å²) in [6, 6.07) is 0.673. The zero-order valence-corrected chi connectivity index (χ0v) is 8.99. The Morgan fingerprint density at radius 3 is 2.62 bits per heavy atom. The maximum absolute atomic E-state index is 12.4. The topological polar surface area (TPSA) is 55.0 Å². The summed E-state index contributed by atoms with van der Waals surface area (Å²) >= 11 is 0. The van der Waals surface area contributed by atoms with Crippen LogP contribution in [0.5, 0.6) is 0 Å². The second-order valence-electron chi connectivity index (χ2n) is 3.60. The van der Waals surface area contributed by atoms with Crippen LogP contribution in [0.3, 0.4) is 0 Å². The van der Waals surface area contributed by atoms with Crippen LogP contribution in [0.1, 0.15) is 12.6 Å². The summed E-state index contributed by atoms with van der Waals surface area (Å²) in [5.41, 5.74) is 4.59. The van der Waals surface area contributed by atoms with E-state index in [1.54, 1.807) is 14.0 Å². The van der Waals surface area contributed by atoms with Crippen LogP contribution in [0.2, 0.25) is 0 Å². The van der Waals surface area contributed by atoms with Crippen LogP contribution >= 0.6 is 0 Å². The maximum Gasteiger partial charge on any atom is 0.433 e. The molecular formula is C9H13F3N4. The van der Waals surface area contributed by atoms with Crippen molar-refractivity contribution in [1.29, 1.82) is 0 Å². The minimum absolute atomic E-state index is 0.0205. The molecule has 0 bridgehead atoms. The molecular weight excluding hydrogens is 221 g/mol. The molecule has 0 radical (unpaired) electrons. The molecule has 0 saturated heterocycles. The van der Waals surface area contributed by atoms with E-state index in [0.29, 0.717) is 6.54 Å².